The first-order valence-electron chi connectivity index (χ1n) is 5.46. The maximum absolute atomic E-state index is 13.0. The number of nitrogens with two attached hydrogens (primary N) is 1. The Kier molecular flexibility index (Phi) is 3.34. The highest BCUT2D eigenvalue weighted by molar-refractivity contribution is 5.16. The minimum atomic E-state index is -0.159. The molecule has 0 unspecified atom stereocenters. The Morgan fingerprint density at radius 2 is 2.33 bits per heavy atom. The monoisotopic (exact) mass is 208 g/mol. The molecule has 1 fully saturated rings. The van der Waals surface area contributed by atoms with E-state index >= 15 is 0 Å². The van der Waals surface area contributed by atoms with Gasteiger partial charge in [0.15, 0.2) is 0 Å². The fourth-order valence-corrected chi connectivity index (χ4v) is 2.13. The molecule has 1 atom stereocenters. The van der Waals surface area contributed by atoms with E-state index in [1.165, 1.54) is 6.07 Å². The molecule has 0 bridgehead atoms. The van der Waals surface area contributed by atoms with Gasteiger partial charge in [-0.25, -0.2) is 4.39 Å². The molecule has 1 aliphatic rings. The van der Waals surface area contributed by atoms with Crippen molar-refractivity contribution in [2.75, 3.05) is 13.1 Å². The summed E-state index contributed by atoms with van der Waals surface area (Å²) < 4.78 is 13.0. The van der Waals surface area contributed by atoms with Crippen molar-refractivity contribution >= 4 is 0 Å². The number of benzene rings is 1. The second-order valence-corrected chi connectivity index (χ2v) is 4.27. The van der Waals surface area contributed by atoms with E-state index in [0.717, 1.165) is 38.0 Å². The van der Waals surface area contributed by atoms with Gasteiger partial charge in [0.1, 0.15) is 5.82 Å². The standard InChI is InChI=1S/C12H17FN2/c13-11-4-1-3-10(7-11)8-15-6-2-5-12(14)9-15/h1,3-4,7,12H,2,5-6,8-9,14H2/t12-/m1/s1. The quantitative estimate of drug-likeness (QED) is 0.802. The normalized spacial score (nSPS) is 22.9. The molecule has 2 N–H and O–H groups in total. The van der Waals surface area contributed by atoms with Crippen molar-refractivity contribution < 1.29 is 4.39 Å². The van der Waals surface area contributed by atoms with Crippen molar-refractivity contribution in [1.29, 1.82) is 0 Å². The molecule has 15 heavy (non-hydrogen) atoms. The Labute approximate surface area is 89.9 Å². The molecule has 1 aromatic carbocycles. The van der Waals surface area contributed by atoms with Crippen LogP contribution in [0.1, 0.15) is 18.4 Å². The summed E-state index contributed by atoms with van der Waals surface area (Å²) in [7, 11) is 0. The highest BCUT2D eigenvalue weighted by atomic mass is 19.1. The van der Waals surface area contributed by atoms with Crippen molar-refractivity contribution in [2.45, 2.75) is 25.4 Å². The van der Waals surface area contributed by atoms with E-state index in [4.69, 9.17) is 5.73 Å². The van der Waals surface area contributed by atoms with Gasteiger partial charge in [0, 0.05) is 19.1 Å². The van der Waals surface area contributed by atoms with Gasteiger partial charge in [-0.1, -0.05) is 12.1 Å². The van der Waals surface area contributed by atoms with E-state index in [1.54, 1.807) is 12.1 Å². The first kappa shape index (κ1) is 10.6. The van der Waals surface area contributed by atoms with Crippen LogP contribution < -0.4 is 5.73 Å². The highest BCUT2D eigenvalue weighted by Crippen LogP contribution is 2.13. The van der Waals surface area contributed by atoms with Gasteiger partial charge in [-0.15, -0.1) is 0 Å². The third-order valence-electron chi connectivity index (χ3n) is 2.84. The fraction of sp³-hybridized carbons (Fsp3) is 0.500. The van der Waals surface area contributed by atoms with Gasteiger partial charge in [-0.3, -0.25) is 4.90 Å². The van der Waals surface area contributed by atoms with Crippen LogP contribution in [0, 0.1) is 5.82 Å². The lowest BCUT2D eigenvalue weighted by molar-refractivity contribution is 0.201. The van der Waals surface area contributed by atoms with Gasteiger partial charge in [-0.2, -0.15) is 0 Å². The van der Waals surface area contributed by atoms with Crippen molar-refractivity contribution in [2.24, 2.45) is 5.73 Å². The molecule has 1 aliphatic heterocycles. The zero-order valence-electron chi connectivity index (χ0n) is 8.82. The largest absolute Gasteiger partial charge is 0.327 e. The molecule has 1 saturated heterocycles. The summed E-state index contributed by atoms with van der Waals surface area (Å²) in [6, 6.07) is 7.08. The van der Waals surface area contributed by atoms with Crippen LogP contribution in [0.15, 0.2) is 24.3 Å². The molecular weight excluding hydrogens is 191 g/mol. The molecule has 82 valence electrons. The summed E-state index contributed by atoms with van der Waals surface area (Å²) >= 11 is 0. The van der Waals surface area contributed by atoms with Gasteiger partial charge < -0.3 is 5.73 Å². The maximum atomic E-state index is 13.0. The molecule has 0 saturated carbocycles. The van der Waals surface area contributed by atoms with Crippen LogP contribution in [-0.2, 0) is 6.54 Å². The molecule has 0 aromatic heterocycles. The Hall–Kier alpha value is -0.930. The van der Waals surface area contributed by atoms with E-state index < -0.39 is 0 Å². The van der Waals surface area contributed by atoms with Crippen LogP contribution in [0.5, 0.6) is 0 Å². The second-order valence-electron chi connectivity index (χ2n) is 4.27. The summed E-state index contributed by atoms with van der Waals surface area (Å²) in [5.41, 5.74) is 6.92. The van der Waals surface area contributed by atoms with Crippen molar-refractivity contribution in [3.63, 3.8) is 0 Å². The highest BCUT2D eigenvalue weighted by Gasteiger charge is 2.16. The van der Waals surface area contributed by atoms with Gasteiger partial charge in [0.05, 0.1) is 0 Å². The van der Waals surface area contributed by atoms with E-state index in [-0.39, 0.29) is 11.9 Å². The minimum Gasteiger partial charge on any atom is -0.327 e. The lowest BCUT2D eigenvalue weighted by Crippen LogP contribution is -2.42. The predicted octanol–water partition coefficient (Wildman–Crippen LogP) is 1.75. The van der Waals surface area contributed by atoms with Gasteiger partial charge >= 0.3 is 0 Å². The van der Waals surface area contributed by atoms with Gasteiger partial charge in [0.2, 0.25) is 0 Å². The van der Waals surface area contributed by atoms with Crippen LogP contribution in [-0.4, -0.2) is 24.0 Å². The average Bonchev–Trinajstić information content (AvgIpc) is 2.17. The number of nitrogens with zero attached hydrogens (tertiary/aromatic N) is 1. The fourth-order valence-electron chi connectivity index (χ4n) is 2.13. The molecule has 0 amide bonds. The number of piperidine rings is 1. The van der Waals surface area contributed by atoms with E-state index in [2.05, 4.69) is 4.90 Å². The van der Waals surface area contributed by atoms with Gasteiger partial charge in [-0.05, 0) is 37.1 Å². The Bertz CT molecular complexity index is 327. The third kappa shape index (κ3) is 3.01. The Morgan fingerprint density at radius 1 is 1.47 bits per heavy atom. The van der Waals surface area contributed by atoms with Crippen molar-refractivity contribution in [3.05, 3.63) is 35.6 Å². The number of hydrogen-bond acceptors (Lipinski definition) is 2. The molecule has 1 aromatic rings. The molecule has 2 rings (SSSR count). The maximum Gasteiger partial charge on any atom is 0.123 e. The molecule has 0 spiro atoms. The zero-order valence-corrected chi connectivity index (χ0v) is 8.82. The average molecular weight is 208 g/mol. The van der Waals surface area contributed by atoms with E-state index in [0.29, 0.717) is 0 Å². The second kappa shape index (κ2) is 4.73. The number of halogens is 1. The molecule has 0 aliphatic carbocycles. The van der Waals surface area contributed by atoms with Crippen LogP contribution in [0.2, 0.25) is 0 Å². The molecule has 2 nitrogen and oxygen atoms in total. The molecule has 0 radical (unpaired) electrons. The van der Waals surface area contributed by atoms with Crippen LogP contribution in [0.3, 0.4) is 0 Å². The number of hydrogen-bond donors (Lipinski definition) is 1. The van der Waals surface area contributed by atoms with Crippen molar-refractivity contribution in [3.8, 4) is 0 Å². The molecular formula is C12H17FN2. The summed E-state index contributed by atoms with van der Waals surface area (Å²) in [5, 5.41) is 0. The van der Waals surface area contributed by atoms with Crippen LogP contribution >= 0.6 is 0 Å². The number of rotatable bonds is 2. The predicted molar refractivity (Wildman–Crippen MR) is 58.9 cm³/mol. The smallest absolute Gasteiger partial charge is 0.123 e. The minimum absolute atomic E-state index is 0.159. The summed E-state index contributed by atoms with van der Waals surface area (Å²) in [4.78, 5) is 2.29. The van der Waals surface area contributed by atoms with Crippen LogP contribution in [0.4, 0.5) is 4.39 Å². The van der Waals surface area contributed by atoms with Gasteiger partial charge in [0.25, 0.3) is 0 Å². The Morgan fingerprint density at radius 3 is 3.07 bits per heavy atom. The van der Waals surface area contributed by atoms with E-state index in [1.807, 2.05) is 6.07 Å². The summed E-state index contributed by atoms with van der Waals surface area (Å²) in [6.07, 6.45) is 2.26. The Balaban J connectivity index is 1.96. The first-order chi connectivity index (χ1) is 7.24. The SMILES string of the molecule is N[C@@H]1CCCN(Cc2cccc(F)c2)C1. The lowest BCUT2D eigenvalue weighted by atomic mass is 10.1. The first-order valence-corrected chi connectivity index (χ1v) is 5.46. The molecule has 1 heterocycles. The zero-order chi connectivity index (χ0) is 10.7. The summed E-state index contributed by atoms with van der Waals surface area (Å²) in [6.45, 7) is 2.81. The third-order valence-corrected chi connectivity index (χ3v) is 2.84. The number of likely N-dealkylation sites (tertiary alicyclic amines) is 1. The topological polar surface area (TPSA) is 29.3 Å². The molecule has 3 heteroatoms. The van der Waals surface area contributed by atoms with Crippen LogP contribution in [0.25, 0.3) is 0 Å². The summed E-state index contributed by atoms with van der Waals surface area (Å²) in [5.74, 6) is -0.159. The lowest BCUT2D eigenvalue weighted by Gasteiger charge is -2.30. The van der Waals surface area contributed by atoms with Crippen molar-refractivity contribution in [1.82, 2.24) is 4.90 Å². The van der Waals surface area contributed by atoms with E-state index in [9.17, 15) is 4.39 Å².